The third kappa shape index (κ3) is 6.53. The molecular formula is C20H24N4O5S. The van der Waals surface area contributed by atoms with Gasteiger partial charge in [0.15, 0.2) is 6.29 Å². The molecular weight excluding hydrogens is 408 g/mol. The minimum Gasteiger partial charge on any atom is -0.346 e. The predicted octanol–water partition coefficient (Wildman–Crippen LogP) is 2.91. The standard InChI is InChI=1S/C20H24N4O5S/c1-30(25,26)29-18-14-27-20(16-10-6-3-7-11-16)28-19(18)17(23-24-21)13-22-12-15-8-4-2-5-9-15/h2-11,17-20,22H,12-14H2,1H3/t17-,18+,19+,20?/m0/s1. The molecule has 0 radical (unpaired) electrons. The Hall–Kier alpha value is -2.46. The average molecular weight is 433 g/mol. The molecule has 1 saturated heterocycles. The van der Waals surface area contributed by atoms with Gasteiger partial charge < -0.3 is 14.8 Å². The van der Waals surface area contributed by atoms with Gasteiger partial charge in [0.1, 0.15) is 12.2 Å². The minimum absolute atomic E-state index is 0.0204. The van der Waals surface area contributed by atoms with Crippen molar-refractivity contribution in [1.82, 2.24) is 5.32 Å². The molecule has 1 heterocycles. The number of azide groups is 1. The predicted molar refractivity (Wildman–Crippen MR) is 111 cm³/mol. The summed E-state index contributed by atoms with van der Waals surface area (Å²) in [6.45, 7) is 0.809. The SMILES string of the molecule is CS(=O)(=O)O[C@@H]1COC(c2ccccc2)O[C@@H]1[C@H](CNCc1ccccc1)N=[N+]=[N-]. The second kappa shape index (κ2) is 10.5. The van der Waals surface area contributed by atoms with Gasteiger partial charge in [-0.05, 0) is 11.1 Å². The fraction of sp³-hybridized carbons (Fsp3) is 0.400. The van der Waals surface area contributed by atoms with Gasteiger partial charge in [-0.1, -0.05) is 65.8 Å². The highest BCUT2D eigenvalue weighted by Crippen LogP contribution is 2.30. The Morgan fingerprint density at radius 3 is 2.50 bits per heavy atom. The molecule has 9 nitrogen and oxygen atoms in total. The third-order valence-electron chi connectivity index (χ3n) is 4.53. The summed E-state index contributed by atoms with van der Waals surface area (Å²) in [6, 6.07) is 18.3. The summed E-state index contributed by atoms with van der Waals surface area (Å²) in [7, 11) is -3.77. The van der Waals surface area contributed by atoms with Crippen LogP contribution in [-0.4, -0.2) is 46.1 Å². The Balaban J connectivity index is 1.76. The first-order valence-electron chi connectivity index (χ1n) is 9.45. The van der Waals surface area contributed by atoms with Crippen molar-refractivity contribution in [3.8, 4) is 0 Å². The number of hydrogen-bond acceptors (Lipinski definition) is 7. The lowest BCUT2D eigenvalue weighted by molar-refractivity contribution is -0.254. The van der Waals surface area contributed by atoms with E-state index in [-0.39, 0.29) is 13.2 Å². The van der Waals surface area contributed by atoms with Crippen molar-refractivity contribution >= 4 is 10.1 Å². The molecule has 1 unspecified atom stereocenters. The Bertz CT molecular complexity index is 952. The van der Waals surface area contributed by atoms with Crippen molar-refractivity contribution in [1.29, 1.82) is 0 Å². The van der Waals surface area contributed by atoms with Crippen LogP contribution in [0.1, 0.15) is 17.4 Å². The molecule has 1 aliphatic heterocycles. The second-order valence-corrected chi connectivity index (χ2v) is 8.50. The molecule has 4 atom stereocenters. The number of benzene rings is 2. The van der Waals surface area contributed by atoms with E-state index in [1.54, 1.807) is 0 Å². The molecule has 0 amide bonds. The van der Waals surface area contributed by atoms with E-state index in [1.165, 1.54) is 0 Å². The number of nitrogens with zero attached hydrogens (tertiary/aromatic N) is 3. The van der Waals surface area contributed by atoms with E-state index in [0.717, 1.165) is 17.4 Å². The van der Waals surface area contributed by atoms with Crippen molar-refractivity contribution in [2.24, 2.45) is 5.11 Å². The van der Waals surface area contributed by atoms with E-state index in [1.807, 2.05) is 60.7 Å². The van der Waals surface area contributed by atoms with Crippen LogP contribution < -0.4 is 5.32 Å². The van der Waals surface area contributed by atoms with Crippen molar-refractivity contribution in [2.45, 2.75) is 31.1 Å². The van der Waals surface area contributed by atoms with Crippen LogP contribution in [0.4, 0.5) is 0 Å². The Labute approximate surface area is 175 Å². The average Bonchev–Trinajstić information content (AvgIpc) is 2.74. The zero-order valence-corrected chi connectivity index (χ0v) is 17.3. The van der Waals surface area contributed by atoms with Crippen LogP contribution in [0, 0.1) is 0 Å². The number of nitrogens with one attached hydrogen (secondary N) is 1. The topological polar surface area (TPSA) is 123 Å². The van der Waals surface area contributed by atoms with Gasteiger partial charge >= 0.3 is 0 Å². The van der Waals surface area contributed by atoms with Crippen molar-refractivity contribution in [3.63, 3.8) is 0 Å². The lowest BCUT2D eigenvalue weighted by atomic mass is 10.0. The highest BCUT2D eigenvalue weighted by atomic mass is 32.2. The fourth-order valence-electron chi connectivity index (χ4n) is 3.23. The summed E-state index contributed by atoms with van der Waals surface area (Å²) in [6.07, 6.45) is -1.52. The van der Waals surface area contributed by atoms with Gasteiger partial charge in [-0.15, -0.1) is 0 Å². The van der Waals surface area contributed by atoms with Gasteiger partial charge in [-0.3, -0.25) is 4.18 Å². The van der Waals surface area contributed by atoms with Gasteiger partial charge in [0, 0.05) is 23.6 Å². The molecule has 2 aromatic rings. The van der Waals surface area contributed by atoms with Crippen LogP contribution in [0.3, 0.4) is 0 Å². The first-order valence-corrected chi connectivity index (χ1v) is 11.3. The van der Waals surface area contributed by atoms with Crippen LogP contribution >= 0.6 is 0 Å². The van der Waals surface area contributed by atoms with Crippen molar-refractivity contribution < 1.29 is 22.1 Å². The monoisotopic (exact) mass is 432 g/mol. The zero-order valence-electron chi connectivity index (χ0n) is 16.5. The largest absolute Gasteiger partial charge is 0.346 e. The fourth-order valence-corrected chi connectivity index (χ4v) is 3.84. The Morgan fingerprint density at radius 1 is 1.20 bits per heavy atom. The molecule has 0 saturated carbocycles. The van der Waals surface area contributed by atoms with Gasteiger partial charge in [0.2, 0.25) is 0 Å². The molecule has 30 heavy (non-hydrogen) atoms. The van der Waals surface area contributed by atoms with Crippen LogP contribution in [0.2, 0.25) is 0 Å². The Morgan fingerprint density at radius 2 is 1.87 bits per heavy atom. The third-order valence-corrected chi connectivity index (χ3v) is 5.13. The normalized spacial score (nSPS) is 22.8. The first kappa shape index (κ1) is 22.2. The highest BCUT2D eigenvalue weighted by Gasteiger charge is 2.40. The molecule has 1 N–H and O–H groups in total. The molecule has 0 bridgehead atoms. The summed E-state index contributed by atoms with van der Waals surface area (Å²) in [5.41, 5.74) is 10.9. The molecule has 3 rings (SSSR count). The summed E-state index contributed by atoms with van der Waals surface area (Å²) in [5, 5.41) is 7.08. The van der Waals surface area contributed by atoms with E-state index in [0.29, 0.717) is 6.54 Å². The molecule has 160 valence electrons. The molecule has 1 fully saturated rings. The second-order valence-electron chi connectivity index (χ2n) is 6.90. The molecule has 0 spiro atoms. The van der Waals surface area contributed by atoms with E-state index < -0.39 is 34.7 Å². The maximum absolute atomic E-state index is 11.7. The number of ether oxygens (including phenoxy) is 2. The first-order chi connectivity index (χ1) is 14.5. The van der Waals surface area contributed by atoms with Crippen molar-refractivity contribution in [3.05, 3.63) is 82.2 Å². The maximum Gasteiger partial charge on any atom is 0.264 e. The smallest absolute Gasteiger partial charge is 0.264 e. The van der Waals surface area contributed by atoms with E-state index >= 15 is 0 Å². The lowest BCUT2D eigenvalue weighted by Gasteiger charge is -2.38. The number of rotatable bonds is 9. The Kier molecular flexibility index (Phi) is 7.81. The van der Waals surface area contributed by atoms with Gasteiger partial charge in [-0.2, -0.15) is 8.42 Å². The quantitative estimate of drug-likeness (QED) is 0.281. The molecule has 1 aliphatic rings. The summed E-state index contributed by atoms with van der Waals surface area (Å²) in [4.78, 5) is 2.92. The molecule has 10 heteroatoms. The molecule has 0 aliphatic carbocycles. The molecule has 0 aromatic heterocycles. The van der Waals surface area contributed by atoms with Crippen LogP contribution in [0.15, 0.2) is 65.8 Å². The van der Waals surface area contributed by atoms with Crippen LogP contribution in [0.5, 0.6) is 0 Å². The maximum atomic E-state index is 11.7. The minimum atomic E-state index is -3.77. The summed E-state index contributed by atoms with van der Waals surface area (Å²) >= 11 is 0. The van der Waals surface area contributed by atoms with Gasteiger partial charge in [0.25, 0.3) is 10.1 Å². The van der Waals surface area contributed by atoms with Crippen LogP contribution in [-0.2, 0) is 30.3 Å². The molecule has 2 aromatic carbocycles. The van der Waals surface area contributed by atoms with E-state index in [2.05, 4.69) is 15.3 Å². The summed E-state index contributed by atoms with van der Waals surface area (Å²) < 4.78 is 40.3. The number of hydrogen-bond donors (Lipinski definition) is 1. The lowest BCUT2D eigenvalue weighted by Crippen LogP contribution is -2.51. The summed E-state index contributed by atoms with van der Waals surface area (Å²) in [5.74, 6) is 0. The zero-order chi connectivity index (χ0) is 21.4. The van der Waals surface area contributed by atoms with Gasteiger partial charge in [-0.25, -0.2) is 0 Å². The van der Waals surface area contributed by atoms with E-state index in [4.69, 9.17) is 19.2 Å². The van der Waals surface area contributed by atoms with Crippen molar-refractivity contribution in [2.75, 3.05) is 19.4 Å². The highest BCUT2D eigenvalue weighted by molar-refractivity contribution is 7.86. The van der Waals surface area contributed by atoms with E-state index in [9.17, 15) is 8.42 Å². The van der Waals surface area contributed by atoms with Crippen LogP contribution in [0.25, 0.3) is 10.4 Å². The van der Waals surface area contributed by atoms with Gasteiger partial charge in [0.05, 0.1) is 18.9 Å².